The van der Waals surface area contributed by atoms with Crippen molar-refractivity contribution in [3.05, 3.63) is 52.6 Å². The Bertz CT molecular complexity index is 626. The van der Waals surface area contributed by atoms with Gasteiger partial charge in [-0.2, -0.15) is 0 Å². The number of hydrogen-bond donors (Lipinski definition) is 1. The van der Waals surface area contributed by atoms with Crippen LogP contribution in [0.2, 0.25) is 0 Å². The molecular formula is C18H22BrN3O. The largest absolute Gasteiger partial charge is 0.360 e. The number of nitrogens with zero attached hydrogens (tertiary/aromatic N) is 2. The lowest BCUT2D eigenvalue weighted by Crippen LogP contribution is -2.19. The second-order valence-corrected chi connectivity index (χ2v) is 6.45. The fourth-order valence-corrected chi connectivity index (χ4v) is 2.45. The molecule has 0 radical (unpaired) electrons. The molecule has 23 heavy (non-hydrogen) atoms. The van der Waals surface area contributed by atoms with E-state index in [2.05, 4.69) is 38.1 Å². The predicted octanol–water partition coefficient (Wildman–Crippen LogP) is 4.26. The fraction of sp³-hybridized carbons (Fsp3) is 0.333. The lowest BCUT2D eigenvalue weighted by atomic mass is 10.1. The quantitative estimate of drug-likeness (QED) is 0.785. The number of halogens is 1. The van der Waals surface area contributed by atoms with Gasteiger partial charge >= 0.3 is 0 Å². The zero-order chi connectivity index (χ0) is 16.7. The highest BCUT2D eigenvalue weighted by atomic mass is 79.9. The van der Waals surface area contributed by atoms with Crippen molar-refractivity contribution in [2.24, 2.45) is 0 Å². The van der Waals surface area contributed by atoms with Gasteiger partial charge in [-0.05, 0) is 36.2 Å². The van der Waals surface area contributed by atoms with Crippen LogP contribution in [-0.2, 0) is 11.2 Å². The SMILES string of the molecule is CCCCN(C)c1ccc(NC(=O)Cc2ccc(Br)cc2)cn1. The monoisotopic (exact) mass is 375 g/mol. The Kier molecular flexibility index (Phi) is 6.59. The minimum Gasteiger partial charge on any atom is -0.360 e. The first-order chi connectivity index (χ1) is 11.1. The summed E-state index contributed by atoms with van der Waals surface area (Å²) in [7, 11) is 2.03. The van der Waals surface area contributed by atoms with E-state index in [-0.39, 0.29) is 5.91 Å². The van der Waals surface area contributed by atoms with Gasteiger partial charge in [-0.3, -0.25) is 4.79 Å². The van der Waals surface area contributed by atoms with E-state index in [9.17, 15) is 4.79 Å². The van der Waals surface area contributed by atoms with Crippen molar-refractivity contribution in [3.63, 3.8) is 0 Å². The number of pyridine rings is 1. The smallest absolute Gasteiger partial charge is 0.228 e. The first-order valence-electron chi connectivity index (χ1n) is 7.80. The van der Waals surface area contributed by atoms with E-state index in [1.54, 1.807) is 6.20 Å². The summed E-state index contributed by atoms with van der Waals surface area (Å²) in [5.41, 5.74) is 1.70. The van der Waals surface area contributed by atoms with Crippen molar-refractivity contribution < 1.29 is 4.79 Å². The minimum atomic E-state index is -0.0405. The Morgan fingerprint density at radius 3 is 2.57 bits per heavy atom. The Morgan fingerprint density at radius 2 is 1.96 bits per heavy atom. The third-order valence-corrected chi connectivity index (χ3v) is 4.08. The summed E-state index contributed by atoms with van der Waals surface area (Å²) in [4.78, 5) is 18.6. The number of aromatic nitrogens is 1. The number of anilines is 2. The number of carbonyl (C=O) groups excluding carboxylic acids is 1. The number of rotatable bonds is 7. The molecule has 0 saturated carbocycles. The molecule has 2 rings (SSSR count). The summed E-state index contributed by atoms with van der Waals surface area (Å²) in [5, 5.41) is 2.88. The van der Waals surface area contributed by atoms with Gasteiger partial charge in [-0.25, -0.2) is 4.98 Å². The standard InChI is InChI=1S/C18H22BrN3O/c1-3-4-11-22(2)17-10-9-16(13-20-17)21-18(23)12-14-5-7-15(19)8-6-14/h5-10,13H,3-4,11-12H2,1-2H3,(H,21,23). The molecule has 4 nitrogen and oxygen atoms in total. The molecule has 0 saturated heterocycles. The highest BCUT2D eigenvalue weighted by Crippen LogP contribution is 2.15. The van der Waals surface area contributed by atoms with Gasteiger partial charge in [0.25, 0.3) is 0 Å². The van der Waals surface area contributed by atoms with E-state index >= 15 is 0 Å². The maximum absolute atomic E-state index is 12.1. The molecule has 1 N–H and O–H groups in total. The van der Waals surface area contributed by atoms with Crippen molar-refractivity contribution in [2.45, 2.75) is 26.2 Å². The van der Waals surface area contributed by atoms with E-state index in [1.807, 2.05) is 43.4 Å². The van der Waals surface area contributed by atoms with Crippen molar-refractivity contribution in [3.8, 4) is 0 Å². The molecule has 2 aromatic rings. The van der Waals surface area contributed by atoms with Gasteiger partial charge in [-0.15, -0.1) is 0 Å². The van der Waals surface area contributed by atoms with E-state index in [0.717, 1.165) is 40.9 Å². The lowest BCUT2D eigenvalue weighted by molar-refractivity contribution is -0.115. The van der Waals surface area contributed by atoms with E-state index in [4.69, 9.17) is 0 Å². The summed E-state index contributed by atoms with van der Waals surface area (Å²) < 4.78 is 1.01. The third kappa shape index (κ3) is 5.67. The lowest BCUT2D eigenvalue weighted by Gasteiger charge is -2.17. The molecule has 0 aliphatic heterocycles. The molecule has 0 aliphatic rings. The highest BCUT2D eigenvalue weighted by molar-refractivity contribution is 9.10. The molecule has 0 atom stereocenters. The van der Waals surface area contributed by atoms with Crippen LogP contribution in [0, 0.1) is 0 Å². The van der Waals surface area contributed by atoms with Gasteiger partial charge in [0.05, 0.1) is 18.3 Å². The molecular weight excluding hydrogens is 354 g/mol. The molecule has 0 fully saturated rings. The Labute approximate surface area is 146 Å². The van der Waals surface area contributed by atoms with Crippen molar-refractivity contribution in [2.75, 3.05) is 23.8 Å². The molecule has 0 bridgehead atoms. The zero-order valence-corrected chi connectivity index (χ0v) is 15.1. The van der Waals surface area contributed by atoms with E-state index in [1.165, 1.54) is 0 Å². The normalized spacial score (nSPS) is 10.4. The van der Waals surface area contributed by atoms with Crippen LogP contribution in [0.1, 0.15) is 25.3 Å². The minimum absolute atomic E-state index is 0.0405. The number of unbranched alkanes of at least 4 members (excludes halogenated alkanes) is 1. The molecule has 1 aromatic heterocycles. The predicted molar refractivity (Wildman–Crippen MR) is 98.9 cm³/mol. The number of benzene rings is 1. The Morgan fingerprint density at radius 1 is 1.22 bits per heavy atom. The summed E-state index contributed by atoms with van der Waals surface area (Å²) >= 11 is 3.39. The molecule has 0 aliphatic carbocycles. The molecule has 1 amide bonds. The number of nitrogens with one attached hydrogen (secondary N) is 1. The van der Waals surface area contributed by atoms with Gasteiger partial charge < -0.3 is 10.2 Å². The van der Waals surface area contributed by atoms with Crippen LogP contribution < -0.4 is 10.2 Å². The summed E-state index contributed by atoms with van der Waals surface area (Å²) in [6.45, 7) is 3.16. The highest BCUT2D eigenvalue weighted by Gasteiger charge is 2.06. The van der Waals surface area contributed by atoms with Crippen LogP contribution in [0.4, 0.5) is 11.5 Å². The topological polar surface area (TPSA) is 45.2 Å². The summed E-state index contributed by atoms with van der Waals surface area (Å²) in [6.07, 6.45) is 4.36. The molecule has 5 heteroatoms. The van der Waals surface area contributed by atoms with Gasteiger partial charge in [0, 0.05) is 18.1 Å². The van der Waals surface area contributed by atoms with Crippen LogP contribution in [0.5, 0.6) is 0 Å². The number of amides is 1. The van der Waals surface area contributed by atoms with Crippen LogP contribution in [-0.4, -0.2) is 24.5 Å². The first kappa shape index (κ1) is 17.5. The van der Waals surface area contributed by atoms with Gasteiger partial charge in [0.2, 0.25) is 5.91 Å². The van der Waals surface area contributed by atoms with Crippen molar-refractivity contribution in [1.82, 2.24) is 4.98 Å². The molecule has 0 spiro atoms. The van der Waals surface area contributed by atoms with Crippen LogP contribution in [0.15, 0.2) is 47.1 Å². The molecule has 122 valence electrons. The third-order valence-electron chi connectivity index (χ3n) is 3.55. The van der Waals surface area contributed by atoms with Gasteiger partial charge in [0.1, 0.15) is 5.82 Å². The summed E-state index contributed by atoms with van der Waals surface area (Å²) in [5.74, 6) is 0.880. The Balaban J connectivity index is 1.89. The Hall–Kier alpha value is -1.88. The van der Waals surface area contributed by atoms with Crippen molar-refractivity contribution in [1.29, 1.82) is 0 Å². The van der Waals surface area contributed by atoms with Crippen LogP contribution in [0.25, 0.3) is 0 Å². The average molecular weight is 376 g/mol. The van der Waals surface area contributed by atoms with E-state index in [0.29, 0.717) is 6.42 Å². The van der Waals surface area contributed by atoms with Gasteiger partial charge in [-0.1, -0.05) is 41.4 Å². The van der Waals surface area contributed by atoms with Crippen LogP contribution >= 0.6 is 15.9 Å². The number of carbonyl (C=O) groups is 1. The average Bonchev–Trinajstić information content (AvgIpc) is 2.55. The second-order valence-electron chi connectivity index (χ2n) is 5.53. The zero-order valence-electron chi connectivity index (χ0n) is 13.6. The maximum atomic E-state index is 12.1. The number of hydrogen-bond acceptors (Lipinski definition) is 3. The molecule has 0 unspecified atom stereocenters. The van der Waals surface area contributed by atoms with Crippen molar-refractivity contribution >= 4 is 33.3 Å². The summed E-state index contributed by atoms with van der Waals surface area (Å²) in [6, 6.07) is 11.6. The second kappa shape index (κ2) is 8.67. The fourth-order valence-electron chi connectivity index (χ4n) is 2.19. The van der Waals surface area contributed by atoms with E-state index < -0.39 is 0 Å². The molecule has 1 aromatic carbocycles. The molecule has 1 heterocycles. The first-order valence-corrected chi connectivity index (χ1v) is 8.59. The van der Waals surface area contributed by atoms with Crippen LogP contribution in [0.3, 0.4) is 0 Å². The maximum Gasteiger partial charge on any atom is 0.228 e. The van der Waals surface area contributed by atoms with Gasteiger partial charge in [0.15, 0.2) is 0 Å².